The SMILES string of the molecule is O=C(NCCc1cccc(Cl)c1)NSc1nc2ccccc2s1. The summed E-state index contributed by atoms with van der Waals surface area (Å²) in [5.41, 5.74) is 2.04. The molecule has 1 heterocycles. The van der Waals surface area contributed by atoms with Crippen molar-refractivity contribution in [2.24, 2.45) is 0 Å². The number of carbonyl (C=O) groups excluding carboxylic acids is 1. The molecular weight excluding hydrogens is 350 g/mol. The number of halogens is 1. The number of carbonyl (C=O) groups is 1. The summed E-state index contributed by atoms with van der Waals surface area (Å²) in [7, 11) is 0. The maximum atomic E-state index is 11.8. The fraction of sp³-hybridized carbons (Fsp3) is 0.125. The van der Waals surface area contributed by atoms with Crippen molar-refractivity contribution in [2.75, 3.05) is 6.54 Å². The van der Waals surface area contributed by atoms with Gasteiger partial charge in [0.05, 0.1) is 10.2 Å². The van der Waals surface area contributed by atoms with Crippen LogP contribution in [0, 0.1) is 0 Å². The van der Waals surface area contributed by atoms with Gasteiger partial charge >= 0.3 is 6.03 Å². The molecule has 0 unspecified atom stereocenters. The smallest absolute Gasteiger partial charge is 0.325 e. The zero-order valence-electron chi connectivity index (χ0n) is 12.1. The maximum Gasteiger partial charge on any atom is 0.325 e. The Kier molecular flexibility index (Phi) is 5.38. The zero-order chi connectivity index (χ0) is 16.1. The first-order valence-electron chi connectivity index (χ1n) is 7.01. The molecule has 0 spiro atoms. The van der Waals surface area contributed by atoms with E-state index >= 15 is 0 Å². The number of thiazole rings is 1. The average Bonchev–Trinajstić information content (AvgIpc) is 2.96. The topological polar surface area (TPSA) is 54.0 Å². The molecule has 3 rings (SSSR count). The minimum atomic E-state index is -0.226. The molecule has 0 bridgehead atoms. The van der Waals surface area contributed by atoms with Crippen LogP contribution in [0.25, 0.3) is 10.2 Å². The van der Waals surface area contributed by atoms with Gasteiger partial charge in [0.2, 0.25) is 0 Å². The van der Waals surface area contributed by atoms with Crippen LogP contribution in [0.1, 0.15) is 5.56 Å². The van der Waals surface area contributed by atoms with Crippen LogP contribution in [0.15, 0.2) is 52.9 Å². The largest absolute Gasteiger partial charge is 0.337 e. The Bertz CT molecular complexity index is 789. The van der Waals surface area contributed by atoms with Crippen molar-refractivity contribution < 1.29 is 4.79 Å². The number of para-hydroxylation sites is 1. The molecule has 3 aromatic rings. The number of fused-ring (bicyclic) bond motifs is 1. The summed E-state index contributed by atoms with van der Waals surface area (Å²) in [5.74, 6) is 0. The Balaban J connectivity index is 1.44. The number of amides is 2. The van der Waals surface area contributed by atoms with Gasteiger partial charge in [-0.05, 0) is 36.2 Å². The van der Waals surface area contributed by atoms with Crippen molar-refractivity contribution in [3.8, 4) is 0 Å². The highest BCUT2D eigenvalue weighted by molar-refractivity contribution is 7.99. The highest BCUT2D eigenvalue weighted by atomic mass is 35.5. The number of rotatable bonds is 5. The molecule has 2 N–H and O–H groups in total. The third kappa shape index (κ3) is 4.60. The molecule has 0 aliphatic carbocycles. The minimum absolute atomic E-state index is 0.226. The van der Waals surface area contributed by atoms with Gasteiger partial charge in [0.1, 0.15) is 0 Å². The van der Waals surface area contributed by atoms with Crippen molar-refractivity contribution in [3.05, 3.63) is 59.1 Å². The number of benzene rings is 2. The van der Waals surface area contributed by atoms with Crippen LogP contribution in [-0.2, 0) is 6.42 Å². The molecule has 0 fully saturated rings. The molecule has 0 aliphatic rings. The first-order chi connectivity index (χ1) is 11.2. The Labute approximate surface area is 147 Å². The summed E-state index contributed by atoms with van der Waals surface area (Å²) in [5, 5.41) is 3.52. The van der Waals surface area contributed by atoms with Crippen LogP contribution in [0.4, 0.5) is 4.79 Å². The van der Waals surface area contributed by atoms with E-state index in [1.165, 1.54) is 11.9 Å². The standard InChI is InChI=1S/C16H14ClN3OS2/c17-12-5-3-4-11(10-12)8-9-18-15(21)20-23-16-19-13-6-1-2-7-14(13)22-16/h1-7,10H,8-9H2,(H2,18,20,21). The summed E-state index contributed by atoms with van der Waals surface area (Å²) in [6, 6.07) is 15.3. The maximum absolute atomic E-state index is 11.8. The van der Waals surface area contributed by atoms with Crippen LogP contribution < -0.4 is 10.0 Å². The van der Waals surface area contributed by atoms with E-state index in [9.17, 15) is 4.79 Å². The fourth-order valence-corrected chi connectivity index (χ4v) is 3.90. The second-order valence-corrected chi connectivity index (χ2v) is 7.31. The Hall–Kier alpha value is -1.76. The van der Waals surface area contributed by atoms with Crippen LogP contribution in [0.3, 0.4) is 0 Å². The molecule has 0 atom stereocenters. The summed E-state index contributed by atoms with van der Waals surface area (Å²) in [6.07, 6.45) is 0.736. The van der Waals surface area contributed by atoms with Gasteiger partial charge in [-0.2, -0.15) is 0 Å². The van der Waals surface area contributed by atoms with Crippen molar-refractivity contribution in [3.63, 3.8) is 0 Å². The van der Waals surface area contributed by atoms with E-state index in [-0.39, 0.29) is 6.03 Å². The predicted molar refractivity (Wildman–Crippen MR) is 97.2 cm³/mol. The summed E-state index contributed by atoms with van der Waals surface area (Å²) < 4.78 is 4.67. The van der Waals surface area contributed by atoms with Crippen LogP contribution in [0.2, 0.25) is 5.02 Å². The number of hydrogen-bond acceptors (Lipinski definition) is 4. The van der Waals surface area contributed by atoms with Crippen LogP contribution in [-0.4, -0.2) is 17.6 Å². The van der Waals surface area contributed by atoms with Crippen LogP contribution >= 0.6 is 34.9 Å². The summed E-state index contributed by atoms with van der Waals surface area (Å²) in [6.45, 7) is 0.548. The lowest BCUT2D eigenvalue weighted by Gasteiger charge is -2.06. The van der Waals surface area contributed by atoms with E-state index in [0.717, 1.165) is 26.5 Å². The van der Waals surface area contributed by atoms with Crippen LogP contribution in [0.5, 0.6) is 0 Å². The second kappa shape index (κ2) is 7.68. The highest BCUT2D eigenvalue weighted by Crippen LogP contribution is 2.27. The van der Waals surface area contributed by atoms with Gasteiger partial charge in [0, 0.05) is 23.5 Å². The molecule has 0 aliphatic heterocycles. The predicted octanol–water partition coefficient (Wildman–Crippen LogP) is 4.50. The summed E-state index contributed by atoms with van der Waals surface area (Å²) in [4.78, 5) is 16.2. The molecule has 23 heavy (non-hydrogen) atoms. The van der Waals surface area contributed by atoms with Crippen molar-refractivity contribution in [1.82, 2.24) is 15.0 Å². The van der Waals surface area contributed by atoms with E-state index in [0.29, 0.717) is 11.6 Å². The number of nitrogens with one attached hydrogen (secondary N) is 2. The van der Waals surface area contributed by atoms with E-state index in [4.69, 9.17) is 11.6 Å². The highest BCUT2D eigenvalue weighted by Gasteiger charge is 2.06. The fourth-order valence-electron chi connectivity index (χ4n) is 2.03. The first-order valence-corrected chi connectivity index (χ1v) is 9.02. The first kappa shape index (κ1) is 16.1. The zero-order valence-corrected chi connectivity index (χ0v) is 14.5. The lowest BCUT2D eigenvalue weighted by Crippen LogP contribution is -2.32. The van der Waals surface area contributed by atoms with E-state index < -0.39 is 0 Å². The van der Waals surface area contributed by atoms with E-state index in [1.807, 2.05) is 48.5 Å². The minimum Gasteiger partial charge on any atom is -0.337 e. The number of urea groups is 1. The molecule has 2 aromatic carbocycles. The Morgan fingerprint density at radius 1 is 1.22 bits per heavy atom. The molecule has 0 radical (unpaired) electrons. The number of nitrogens with zero attached hydrogens (tertiary/aromatic N) is 1. The molecule has 4 nitrogen and oxygen atoms in total. The van der Waals surface area contributed by atoms with Crippen molar-refractivity contribution in [2.45, 2.75) is 10.8 Å². The molecular formula is C16H14ClN3OS2. The summed E-state index contributed by atoms with van der Waals surface area (Å²) >= 11 is 8.71. The van der Waals surface area contributed by atoms with Gasteiger partial charge in [-0.1, -0.05) is 35.9 Å². The van der Waals surface area contributed by atoms with Gasteiger partial charge in [0.25, 0.3) is 0 Å². The third-order valence-electron chi connectivity index (χ3n) is 3.09. The Morgan fingerprint density at radius 3 is 2.91 bits per heavy atom. The molecule has 2 amide bonds. The quantitative estimate of drug-likeness (QED) is 0.656. The number of aromatic nitrogens is 1. The number of hydrogen-bond donors (Lipinski definition) is 2. The van der Waals surface area contributed by atoms with Crippen molar-refractivity contribution in [1.29, 1.82) is 0 Å². The molecule has 7 heteroatoms. The molecule has 118 valence electrons. The van der Waals surface area contributed by atoms with Gasteiger partial charge in [-0.15, -0.1) is 11.3 Å². The molecule has 0 saturated carbocycles. The van der Waals surface area contributed by atoms with E-state index in [1.54, 1.807) is 11.3 Å². The van der Waals surface area contributed by atoms with Gasteiger partial charge in [0.15, 0.2) is 4.34 Å². The molecule has 1 aromatic heterocycles. The van der Waals surface area contributed by atoms with E-state index in [2.05, 4.69) is 15.0 Å². The van der Waals surface area contributed by atoms with Crippen molar-refractivity contribution >= 4 is 51.1 Å². The van der Waals surface area contributed by atoms with Gasteiger partial charge in [-0.25, -0.2) is 9.78 Å². The monoisotopic (exact) mass is 363 g/mol. The van der Waals surface area contributed by atoms with Gasteiger partial charge in [-0.3, -0.25) is 4.72 Å². The normalized spacial score (nSPS) is 10.7. The Morgan fingerprint density at radius 2 is 2.09 bits per heavy atom. The van der Waals surface area contributed by atoms with Gasteiger partial charge < -0.3 is 5.32 Å². The second-order valence-electron chi connectivity index (χ2n) is 4.79. The average molecular weight is 364 g/mol. The molecule has 0 saturated heterocycles. The third-order valence-corrected chi connectivity index (χ3v) is 5.21. The lowest BCUT2D eigenvalue weighted by atomic mass is 10.1. The lowest BCUT2D eigenvalue weighted by molar-refractivity contribution is 0.246.